The molecule has 1 aliphatic rings. The molecule has 0 N–H and O–H groups in total. The first-order chi connectivity index (χ1) is 12.0. The molecule has 3 heterocycles. The smallest absolute Gasteiger partial charge is 0.324 e. The number of hydrogen-bond donors (Lipinski definition) is 0. The third-order valence-electron chi connectivity index (χ3n) is 4.78. The van der Waals surface area contributed by atoms with E-state index in [0.717, 1.165) is 10.4 Å². The molecule has 0 spiro atoms. The van der Waals surface area contributed by atoms with Gasteiger partial charge in [-0.05, 0) is 0 Å². The molecule has 0 bridgehead atoms. The van der Waals surface area contributed by atoms with Gasteiger partial charge in [-0.25, -0.2) is 9.30 Å². The van der Waals surface area contributed by atoms with Gasteiger partial charge < -0.3 is 14.7 Å². The first kappa shape index (κ1) is 18.0. The summed E-state index contributed by atoms with van der Waals surface area (Å²) in [6.45, 7) is 6.46. The average Bonchev–Trinajstić information content (AvgIpc) is 3.02. The molecule has 1 fully saturated rings. The van der Waals surface area contributed by atoms with E-state index in [9.17, 15) is 14.8 Å². The van der Waals surface area contributed by atoms with Crippen LogP contribution >= 0.6 is 0 Å². The average molecular weight is 362 g/mol. The summed E-state index contributed by atoms with van der Waals surface area (Å²) in [5, 5.41) is 16.9. The first-order valence-corrected chi connectivity index (χ1v) is 8.23. The van der Waals surface area contributed by atoms with E-state index in [0.29, 0.717) is 11.3 Å². The van der Waals surface area contributed by atoms with Crippen LogP contribution in [-0.2, 0) is 33.2 Å². The molecule has 0 unspecified atom stereocenters. The van der Waals surface area contributed by atoms with E-state index < -0.39 is 29.6 Å². The lowest BCUT2D eigenvalue weighted by Crippen LogP contribution is -2.50. The molecule has 1 atom stereocenters. The van der Waals surface area contributed by atoms with Crippen molar-refractivity contribution >= 4 is 11.9 Å². The zero-order valence-electron chi connectivity index (χ0n) is 15.6. The maximum absolute atomic E-state index is 12.8. The van der Waals surface area contributed by atoms with Crippen molar-refractivity contribution in [3.8, 4) is 0 Å². The molecule has 26 heavy (non-hydrogen) atoms. The number of nitrogens with zero attached hydrogens (tertiary/aromatic N) is 4. The summed E-state index contributed by atoms with van der Waals surface area (Å²) in [6, 6.07) is 0. The molecule has 9 heteroatoms. The van der Waals surface area contributed by atoms with Crippen molar-refractivity contribution in [2.45, 2.75) is 39.4 Å². The highest BCUT2D eigenvalue weighted by molar-refractivity contribution is 5.98. The van der Waals surface area contributed by atoms with Crippen molar-refractivity contribution in [2.75, 3.05) is 0 Å². The Labute approximate surface area is 150 Å². The second-order valence-electron chi connectivity index (χ2n) is 7.03. The van der Waals surface area contributed by atoms with Gasteiger partial charge in [0.1, 0.15) is 17.3 Å². The van der Waals surface area contributed by atoms with Crippen molar-refractivity contribution in [3.63, 3.8) is 0 Å². The van der Waals surface area contributed by atoms with Gasteiger partial charge >= 0.3 is 11.9 Å². The molecule has 0 aliphatic carbocycles. The van der Waals surface area contributed by atoms with Gasteiger partial charge in [0, 0.05) is 46.5 Å². The molecular formula is C17H22N4O5. The standard InChI is InChI=1S/C17H22N4O5/c1-9-10(2)21(24)14(20(9)6)12(11-7-18-19(5)8-11)13-15(22)25-17(3,4)26-16(13)23/h7-8,12-13H,1-6H3/t12-/m0/s1. The van der Waals surface area contributed by atoms with Crippen LogP contribution in [0.15, 0.2) is 12.4 Å². The number of hydrogen-bond acceptors (Lipinski definition) is 6. The maximum atomic E-state index is 12.8. The predicted octanol–water partition coefficient (Wildman–Crippen LogP) is 0.593. The summed E-state index contributed by atoms with van der Waals surface area (Å²) in [5.41, 5.74) is 1.78. The number of carbonyl (C=O) groups excluding carboxylic acids is 2. The van der Waals surface area contributed by atoms with E-state index in [4.69, 9.17) is 9.47 Å². The van der Waals surface area contributed by atoms with Crippen LogP contribution in [0, 0.1) is 25.0 Å². The van der Waals surface area contributed by atoms with Gasteiger partial charge in [0.15, 0.2) is 5.92 Å². The third kappa shape index (κ3) is 2.73. The fourth-order valence-electron chi connectivity index (χ4n) is 3.30. The summed E-state index contributed by atoms with van der Waals surface area (Å²) in [4.78, 5) is 25.3. The summed E-state index contributed by atoms with van der Waals surface area (Å²) < 4.78 is 14.5. The number of aryl methyl sites for hydroxylation is 1. The SMILES string of the molecule is Cc1c(C)[n+]([O-])c([C@@H](c2cnn(C)c2)C2C(=O)OC(C)(C)OC2=O)n1C. The highest BCUT2D eigenvalue weighted by Gasteiger charge is 2.52. The summed E-state index contributed by atoms with van der Waals surface area (Å²) >= 11 is 0. The van der Waals surface area contributed by atoms with Crippen LogP contribution in [0.25, 0.3) is 0 Å². The van der Waals surface area contributed by atoms with Crippen LogP contribution in [0.1, 0.15) is 42.5 Å². The van der Waals surface area contributed by atoms with E-state index in [1.807, 2.05) is 0 Å². The Hall–Kier alpha value is -2.84. The molecule has 2 aromatic rings. The van der Waals surface area contributed by atoms with Crippen LogP contribution in [0.4, 0.5) is 0 Å². The lowest BCUT2D eigenvalue weighted by molar-refractivity contribution is -0.621. The van der Waals surface area contributed by atoms with Gasteiger partial charge in [-0.15, -0.1) is 0 Å². The Bertz CT molecular complexity index is 850. The highest BCUT2D eigenvalue weighted by Crippen LogP contribution is 2.37. The molecular weight excluding hydrogens is 340 g/mol. The minimum absolute atomic E-state index is 0.256. The molecule has 0 aromatic carbocycles. The second kappa shape index (κ2) is 5.86. The fourth-order valence-corrected chi connectivity index (χ4v) is 3.30. The van der Waals surface area contributed by atoms with Crippen LogP contribution in [0.2, 0.25) is 0 Å². The van der Waals surface area contributed by atoms with E-state index in [1.54, 1.807) is 43.4 Å². The second-order valence-corrected chi connectivity index (χ2v) is 7.03. The Morgan fingerprint density at radius 1 is 1.23 bits per heavy atom. The zero-order chi connectivity index (χ0) is 19.4. The van der Waals surface area contributed by atoms with Gasteiger partial charge in [0.25, 0.3) is 11.6 Å². The van der Waals surface area contributed by atoms with Gasteiger partial charge in [-0.1, -0.05) is 0 Å². The number of rotatable bonds is 3. The van der Waals surface area contributed by atoms with Gasteiger partial charge in [-0.2, -0.15) is 5.10 Å². The van der Waals surface area contributed by atoms with Crippen LogP contribution in [0.3, 0.4) is 0 Å². The van der Waals surface area contributed by atoms with Crippen LogP contribution < -0.4 is 4.73 Å². The third-order valence-corrected chi connectivity index (χ3v) is 4.78. The number of imidazole rings is 1. The Morgan fingerprint density at radius 3 is 2.23 bits per heavy atom. The number of aromatic nitrogens is 4. The van der Waals surface area contributed by atoms with Crippen LogP contribution in [-0.4, -0.2) is 32.1 Å². The van der Waals surface area contributed by atoms with Crippen molar-refractivity contribution < 1.29 is 23.8 Å². The number of carbonyl (C=O) groups is 2. The first-order valence-electron chi connectivity index (χ1n) is 8.23. The van der Waals surface area contributed by atoms with Crippen molar-refractivity contribution in [1.29, 1.82) is 0 Å². The molecule has 0 saturated carbocycles. The molecule has 1 saturated heterocycles. The molecule has 9 nitrogen and oxygen atoms in total. The Morgan fingerprint density at radius 2 is 1.81 bits per heavy atom. The van der Waals surface area contributed by atoms with Gasteiger partial charge in [0.2, 0.25) is 0 Å². The largest absolute Gasteiger partial charge is 0.711 e. The maximum Gasteiger partial charge on any atom is 0.324 e. The quantitative estimate of drug-likeness (QED) is 0.343. The fraction of sp³-hybridized carbons (Fsp3) is 0.529. The molecule has 0 radical (unpaired) electrons. The van der Waals surface area contributed by atoms with Gasteiger partial charge in [0.05, 0.1) is 13.2 Å². The highest BCUT2D eigenvalue weighted by atomic mass is 16.7. The van der Waals surface area contributed by atoms with E-state index >= 15 is 0 Å². The molecule has 2 aromatic heterocycles. The number of esters is 2. The topological polar surface area (TPSA) is 102 Å². The van der Waals surface area contributed by atoms with Crippen molar-refractivity contribution in [2.24, 2.45) is 20.0 Å². The summed E-state index contributed by atoms with van der Waals surface area (Å²) in [6.07, 6.45) is 3.20. The monoisotopic (exact) mass is 362 g/mol. The normalized spacial score (nSPS) is 18.5. The number of cyclic esters (lactones) is 2. The predicted molar refractivity (Wildman–Crippen MR) is 88.7 cm³/mol. The van der Waals surface area contributed by atoms with Gasteiger partial charge in [-0.3, -0.25) is 14.3 Å². The minimum Gasteiger partial charge on any atom is -0.711 e. The number of ether oxygens (including phenoxy) is 2. The molecule has 3 rings (SSSR count). The molecule has 0 amide bonds. The Kier molecular flexibility index (Phi) is 4.05. The lowest BCUT2D eigenvalue weighted by Gasteiger charge is -2.35. The van der Waals surface area contributed by atoms with E-state index in [1.165, 1.54) is 20.0 Å². The van der Waals surface area contributed by atoms with E-state index in [-0.39, 0.29) is 5.82 Å². The summed E-state index contributed by atoms with van der Waals surface area (Å²) in [5.74, 6) is -4.70. The van der Waals surface area contributed by atoms with Crippen molar-refractivity contribution in [3.05, 3.63) is 40.4 Å². The van der Waals surface area contributed by atoms with E-state index in [2.05, 4.69) is 5.10 Å². The zero-order valence-corrected chi connectivity index (χ0v) is 15.6. The lowest BCUT2D eigenvalue weighted by atomic mass is 9.86. The Balaban J connectivity index is 2.20. The van der Waals surface area contributed by atoms with Crippen molar-refractivity contribution in [1.82, 2.24) is 14.3 Å². The molecule has 140 valence electrons. The minimum atomic E-state index is -1.34. The summed E-state index contributed by atoms with van der Waals surface area (Å²) in [7, 11) is 3.44. The molecule has 1 aliphatic heterocycles. The van der Waals surface area contributed by atoms with Crippen LogP contribution in [0.5, 0.6) is 0 Å².